The van der Waals surface area contributed by atoms with E-state index in [0.717, 1.165) is 26.2 Å². The van der Waals surface area contributed by atoms with Crippen LogP contribution in [0, 0.1) is 0 Å². The Balaban J connectivity index is 2.29. The third-order valence-corrected chi connectivity index (χ3v) is 7.49. The lowest BCUT2D eigenvalue weighted by atomic mass is 10.00. The number of aliphatic hydroxyl groups excluding tert-OH is 3. The Labute approximate surface area is 238 Å². The first-order chi connectivity index (χ1) is 18.9. The van der Waals surface area contributed by atoms with Crippen molar-refractivity contribution in [2.45, 2.75) is 141 Å². The minimum absolute atomic E-state index is 0.219. The third kappa shape index (κ3) is 16.8. The molecule has 4 N–H and O–H groups in total. The molecule has 1 aliphatic heterocycles. The summed E-state index contributed by atoms with van der Waals surface area (Å²) in [6, 6.07) is 0. The molecule has 0 unspecified atom stereocenters. The molecule has 6 atom stereocenters. The first kappa shape index (κ1) is 36.7. The molecule has 0 saturated carbocycles. The van der Waals surface area contributed by atoms with Gasteiger partial charge >= 0.3 is 11.9 Å². The van der Waals surface area contributed by atoms with Crippen molar-refractivity contribution in [3.63, 3.8) is 0 Å². The summed E-state index contributed by atoms with van der Waals surface area (Å²) in [6.45, 7) is 2.63. The van der Waals surface area contributed by atoms with Crippen molar-refractivity contribution < 1.29 is 56.8 Å². The van der Waals surface area contributed by atoms with Crippen molar-refractivity contribution in [1.29, 1.82) is 0 Å². The predicted molar refractivity (Wildman–Crippen MR) is 146 cm³/mol. The molecule has 236 valence electrons. The van der Waals surface area contributed by atoms with Gasteiger partial charge in [-0.25, -0.2) is 0 Å². The van der Waals surface area contributed by atoms with E-state index in [1.165, 1.54) is 57.8 Å². The zero-order valence-corrected chi connectivity index (χ0v) is 24.8. The van der Waals surface area contributed by atoms with Gasteiger partial charge in [-0.05, 0) is 6.42 Å². The van der Waals surface area contributed by atoms with Crippen LogP contribution < -0.4 is 0 Å². The molecule has 0 aromatic rings. The standard InChI is InChI=1S/C27H50O12S/c1-3-4-5-6-7-8-9-10-11-12-13-14-15-16-23(29)36-17-21(38-20(2)28)18-37-27-26(32)25(31)24(30)22(39-27)19-40(33,34)35/h21-22,24-27,30-32H,3-19H2,1-2H3,(H,33,34,35)/t21-,22-,24-,25+,26-,27-/m1/s1. The van der Waals surface area contributed by atoms with Crippen LogP contribution in [0.5, 0.6) is 0 Å². The van der Waals surface area contributed by atoms with Crippen molar-refractivity contribution in [2.75, 3.05) is 19.0 Å². The van der Waals surface area contributed by atoms with Crippen molar-refractivity contribution in [2.24, 2.45) is 0 Å². The summed E-state index contributed by atoms with van der Waals surface area (Å²) in [5.41, 5.74) is 0. The van der Waals surface area contributed by atoms with Gasteiger partial charge in [-0.1, -0.05) is 84.0 Å². The lowest BCUT2D eigenvalue weighted by molar-refractivity contribution is -0.297. The van der Waals surface area contributed by atoms with Crippen molar-refractivity contribution in [1.82, 2.24) is 0 Å². The quantitative estimate of drug-likeness (QED) is 0.0812. The van der Waals surface area contributed by atoms with Crippen LogP contribution in [-0.2, 0) is 38.7 Å². The Morgan fingerprint density at radius 3 is 1.82 bits per heavy atom. The SMILES string of the molecule is CCCCCCCCCCCCCCCC(=O)OC[C@H](CO[C@@H]1O[C@H](CS(=O)(=O)O)[C@@H](O)[C@H](O)[C@H]1O)OC(C)=O. The lowest BCUT2D eigenvalue weighted by Gasteiger charge is -2.40. The zero-order valence-electron chi connectivity index (χ0n) is 23.9. The molecule has 13 heteroatoms. The highest BCUT2D eigenvalue weighted by atomic mass is 32.2. The number of hydrogen-bond acceptors (Lipinski definition) is 11. The summed E-state index contributed by atoms with van der Waals surface area (Å²) in [5, 5.41) is 30.0. The largest absolute Gasteiger partial charge is 0.462 e. The van der Waals surface area contributed by atoms with E-state index in [9.17, 15) is 33.3 Å². The van der Waals surface area contributed by atoms with Gasteiger partial charge in [0.25, 0.3) is 10.1 Å². The van der Waals surface area contributed by atoms with E-state index in [2.05, 4.69) is 6.92 Å². The number of hydrogen-bond donors (Lipinski definition) is 4. The number of carbonyl (C=O) groups is 2. The smallest absolute Gasteiger partial charge is 0.305 e. The van der Waals surface area contributed by atoms with Gasteiger partial charge < -0.3 is 34.3 Å². The molecule has 0 bridgehead atoms. The van der Waals surface area contributed by atoms with Crippen molar-refractivity contribution >= 4 is 22.1 Å². The fraction of sp³-hybridized carbons (Fsp3) is 0.926. The molecule has 0 aliphatic carbocycles. The fourth-order valence-corrected chi connectivity index (χ4v) is 5.19. The fourth-order valence-electron chi connectivity index (χ4n) is 4.50. The normalized spacial score (nSPS) is 24.0. The summed E-state index contributed by atoms with van der Waals surface area (Å²) >= 11 is 0. The third-order valence-electron chi connectivity index (χ3n) is 6.74. The molecular weight excluding hydrogens is 548 g/mol. The molecule has 1 saturated heterocycles. The average Bonchev–Trinajstić information content (AvgIpc) is 2.88. The molecule has 40 heavy (non-hydrogen) atoms. The first-order valence-electron chi connectivity index (χ1n) is 14.5. The summed E-state index contributed by atoms with van der Waals surface area (Å²) in [7, 11) is -4.57. The maximum Gasteiger partial charge on any atom is 0.305 e. The van der Waals surface area contributed by atoms with Crippen LogP contribution in [0.3, 0.4) is 0 Å². The molecule has 0 spiro atoms. The summed E-state index contributed by atoms with van der Waals surface area (Å²) in [6.07, 6.45) is 6.04. The van der Waals surface area contributed by atoms with E-state index >= 15 is 0 Å². The van der Waals surface area contributed by atoms with Crippen LogP contribution in [0.25, 0.3) is 0 Å². The van der Waals surface area contributed by atoms with E-state index < -0.39 is 71.2 Å². The zero-order chi connectivity index (χ0) is 30.0. The summed E-state index contributed by atoms with van der Waals surface area (Å²) < 4.78 is 52.2. The van der Waals surface area contributed by atoms with Crippen molar-refractivity contribution in [3.05, 3.63) is 0 Å². The van der Waals surface area contributed by atoms with Crippen LogP contribution in [-0.4, -0.2) is 96.0 Å². The average molecular weight is 599 g/mol. The number of rotatable bonds is 22. The second-order valence-electron chi connectivity index (χ2n) is 10.5. The number of ether oxygens (including phenoxy) is 4. The van der Waals surface area contributed by atoms with E-state index in [-0.39, 0.29) is 13.0 Å². The molecule has 0 radical (unpaired) electrons. The Morgan fingerprint density at radius 2 is 1.32 bits per heavy atom. The second kappa shape index (κ2) is 20.5. The number of unbranched alkanes of at least 4 members (excludes halogenated alkanes) is 12. The summed E-state index contributed by atoms with van der Waals surface area (Å²) in [5.74, 6) is -2.17. The van der Waals surface area contributed by atoms with Gasteiger partial charge in [0.2, 0.25) is 0 Å². The van der Waals surface area contributed by atoms with Gasteiger partial charge in [0.15, 0.2) is 12.4 Å². The van der Waals surface area contributed by atoms with Gasteiger partial charge in [0.1, 0.15) is 36.8 Å². The monoisotopic (exact) mass is 598 g/mol. The van der Waals surface area contributed by atoms with Gasteiger partial charge in [-0.15, -0.1) is 0 Å². The van der Waals surface area contributed by atoms with E-state index in [1.54, 1.807) is 0 Å². The number of aliphatic hydroxyl groups is 3. The van der Waals surface area contributed by atoms with Gasteiger partial charge in [-0.2, -0.15) is 8.42 Å². The first-order valence-corrected chi connectivity index (χ1v) is 16.1. The highest BCUT2D eigenvalue weighted by molar-refractivity contribution is 7.85. The molecule has 1 aliphatic rings. The Morgan fingerprint density at radius 1 is 0.800 bits per heavy atom. The van der Waals surface area contributed by atoms with E-state index in [1.807, 2.05) is 0 Å². The van der Waals surface area contributed by atoms with Gasteiger partial charge in [0.05, 0.1) is 6.61 Å². The van der Waals surface area contributed by atoms with E-state index in [0.29, 0.717) is 6.42 Å². The molecular formula is C27H50O12S. The molecule has 0 aromatic heterocycles. The molecule has 1 rings (SSSR count). The van der Waals surface area contributed by atoms with Crippen LogP contribution in [0.15, 0.2) is 0 Å². The second-order valence-corrected chi connectivity index (χ2v) is 12.0. The van der Waals surface area contributed by atoms with Crippen molar-refractivity contribution in [3.8, 4) is 0 Å². The molecule has 0 amide bonds. The maximum atomic E-state index is 12.1. The molecule has 1 heterocycles. The highest BCUT2D eigenvalue weighted by Gasteiger charge is 2.45. The topological polar surface area (TPSA) is 186 Å². The lowest BCUT2D eigenvalue weighted by Crippen LogP contribution is -2.60. The minimum Gasteiger partial charge on any atom is -0.462 e. The Hall–Kier alpha value is -1.35. The molecule has 12 nitrogen and oxygen atoms in total. The number of carbonyl (C=O) groups excluding carboxylic acids is 2. The highest BCUT2D eigenvalue weighted by Crippen LogP contribution is 2.23. The van der Waals surface area contributed by atoms with Crippen LogP contribution in [0.2, 0.25) is 0 Å². The number of esters is 2. The van der Waals surface area contributed by atoms with Gasteiger partial charge in [-0.3, -0.25) is 14.1 Å². The molecule has 0 aromatic carbocycles. The predicted octanol–water partition coefficient (Wildman–Crippen LogP) is 2.65. The minimum atomic E-state index is -4.57. The van der Waals surface area contributed by atoms with E-state index in [4.69, 9.17) is 23.5 Å². The van der Waals surface area contributed by atoms with Gasteiger partial charge in [0, 0.05) is 13.3 Å². The van der Waals surface area contributed by atoms with Crippen LogP contribution in [0.4, 0.5) is 0 Å². The van der Waals surface area contributed by atoms with Crippen LogP contribution >= 0.6 is 0 Å². The Kier molecular flexibility index (Phi) is 18.8. The Bertz CT molecular complexity index is 805. The molecule has 1 fully saturated rings. The summed E-state index contributed by atoms with van der Waals surface area (Å²) in [4.78, 5) is 23.6. The van der Waals surface area contributed by atoms with Crippen LogP contribution in [0.1, 0.15) is 104 Å². The maximum absolute atomic E-state index is 12.1.